The smallest absolute Gasteiger partial charge is 0.111 e. The number of morpholine rings is 1. The molecule has 94 valence electrons. The first-order valence-electron chi connectivity index (χ1n) is 6.30. The van der Waals surface area contributed by atoms with Crippen LogP contribution in [0.15, 0.2) is 16.7 Å². The Hall–Kier alpha value is -0.840. The van der Waals surface area contributed by atoms with Crippen LogP contribution in [0.5, 0.6) is 0 Å². The maximum atomic E-state index is 6.05. The average Bonchev–Trinajstić information content (AvgIpc) is 2.77. The van der Waals surface area contributed by atoms with Gasteiger partial charge in [0.25, 0.3) is 0 Å². The highest BCUT2D eigenvalue weighted by molar-refractivity contribution is 5.22. The Labute approximate surface area is 101 Å². The van der Waals surface area contributed by atoms with Crippen molar-refractivity contribution in [2.75, 3.05) is 26.4 Å². The molecule has 0 amide bonds. The van der Waals surface area contributed by atoms with E-state index in [0.29, 0.717) is 6.61 Å². The zero-order valence-electron chi connectivity index (χ0n) is 10.2. The molecule has 2 unspecified atom stereocenters. The molecule has 2 aliphatic rings. The molecule has 0 aromatic carbocycles. The Kier molecular flexibility index (Phi) is 2.94. The van der Waals surface area contributed by atoms with E-state index >= 15 is 0 Å². The maximum Gasteiger partial charge on any atom is 0.111 e. The molecule has 1 N–H and O–H groups in total. The summed E-state index contributed by atoms with van der Waals surface area (Å²) in [4.78, 5) is 0. The number of hydrogen-bond acceptors (Lipinski definition) is 4. The Balaban J connectivity index is 1.89. The van der Waals surface area contributed by atoms with Gasteiger partial charge in [0.1, 0.15) is 11.4 Å². The molecule has 2 atom stereocenters. The van der Waals surface area contributed by atoms with E-state index < -0.39 is 0 Å². The van der Waals surface area contributed by atoms with Gasteiger partial charge in [-0.1, -0.05) is 0 Å². The predicted molar refractivity (Wildman–Crippen MR) is 62.9 cm³/mol. The summed E-state index contributed by atoms with van der Waals surface area (Å²) in [6.45, 7) is 5.14. The van der Waals surface area contributed by atoms with Gasteiger partial charge in [-0.05, 0) is 25.8 Å². The molecule has 0 radical (unpaired) electrons. The van der Waals surface area contributed by atoms with Gasteiger partial charge in [0.2, 0.25) is 0 Å². The molecule has 0 aliphatic carbocycles. The van der Waals surface area contributed by atoms with Gasteiger partial charge in [0.15, 0.2) is 0 Å². The van der Waals surface area contributed by atoms with Gasteiger partial charge in [0, 0.05) is 18.7 Å². The van der Waals surface area contributed by atoms with Gasteiger partial charge in [-0.3, -0.25) is 0 Å². The molecule has 2 saturated heterocycles. The minimum atomic E-state index is -0.202. The number of rotatable bonds is 1. The lowest BCUT2D eigenvalue weighted by molar-refractivity contribution is -0.165. The number of ether oxygens (including phenoxy) is 2. The standard InChI is InChI=1S/C13H19NO3/c1-10-7-11(8-16-10)12-13(17-6-4-14-12)3-2-5-15-9-13/h7-8,12,14H,2-6,9H2,1H3. The third-order valence-electron chi connectivity index (χ3n) is 3.69. The first-order valence-corrected chi connectivity index (χ1v) is 6.30. The van der Waals surface area contributed by atoms with E-state index in [1.54, 1.807) is 0 Å². The molecule has 3 rings (SSSR count). The van der Waals surface area contributed by atoms with Gasteiger partial charge >= 0.3 is 0 Å². The van der Waals surface area contributed by atoms with Crippen molar-refractivity contribution in [3.63, 3.8) is 0 Å². The van der Waals surface area contributed by atoms with E-state index in [2.05, 4.69) is 11.4 Å². The normalized spacial score (nSPS) is 34.1. The van der Waals surface area contributed by atoms with Gasteiger partial charge in [-0.25, -0.2) is 0 Å². The summed E-state index contributed by atoms with van der Waals surface area (Å²) in [6.07, 6.45) is 3.95. The van der Waals surface area contributed by atoms with Crippen molar-refractivity contribution in [2.24, 2.45) is 0 Å². The topological polar surface area (TPSA) is 43.6 Å². The second kappa shape index (κ2) is 4.44. The highest BCUT2D eigenvalue weighted by atomic mass is 16.5. The average molecular weight is 237 g/mol. The van der Waals surface area contributed by atoms with Crippen LogP contribution in [0.4, 0.5) is 0 Å². The van der Waals surface area contributed by atoms with Crippen molar-refractivity contribution >= 4 is 0 Å². The van der Waals surface area contributed by atoms with E-state index in [1.165, 1.54) is 5.56 Å². The van der Waals surface area contributed by atoms with E-state index in [0.717, 1.165) is 38.4 Å². The van der Waals surface area contributed by atoms with Crippen molar-refractivity contribution in [1.29, 1.82) is 0 Å². The summed E-state index contributed by atoms with van der Waals surface area (Å²) < 4.78 is 17.1. The molecule has 0 saturated carbocycles. The lowest BCUT2D eigenvalue weighted by Crippen LogP contribution is -2.56. The zero-order valence-corrected chi connectivity index (χ0v) is 10.2. The highest BCUT2D eigenvalue weighted by Gasteiger charge is 2.45. The third kappa shape index (κ3) is 2.01. The van der Waals surface area contributed by atoms with E-state index in [9.17, 15) is 0 Å². The van der Waals surface area contributed by atoms with Gasteiger partial charge < -0.3 is 19.2 Å². The molecule has 4 nitrogen and oxygen atoms in total. The minimum absolute atomic E-state index is 0.189. The molecule has 17 heavy (non-hydrogen) atoms. The fourth-order valence-corrected chi connectivity index (χ4v) is 2.90. The number of hydrogen-bond donors (Lipinski definition) is 1. The van der Waals surface area contributed by atoms with Gasteiger partial charge in [-0.2, -0.15) is 0 Å². The van der Waals surface area contributed by atoms with Gasteiger partial charge in [0.05, 0.1) is 25.5 Å². The Bertz CT molecular complexity index is 374. The molecule has 2 aliphatic heterocycles. The van der Waals surface area contributed by atoms with Crippen LogP contribution in [0.2, 0.25) is 0 Å². The summed E-state index contributed by atoms with van der Waals surface area (Å²) in [5.41, 5.74) is 0.972. The van der Waals surface area contributed by atoms with Crippen LogP contribution in [0.25, 0.3) is 0 Å². The van der Waals surface area contributed by atoms with Crippen LogP contribution in [0.1, 0.15) is 30.2 Å². The van der Waals surface area contributed by atoms with Crippen LogP contribution in [-0.4, -0.2) is 32.0 Å². The predicted octanol–water partition coefficient (Wildman–Crippen LogP) is 1.80. The Morgan fingerprint density at radius 3 is 3.06 bits per heavy atom. The Morgan fingerprint density at radius 1 is 1.41 bits per heavy atom. The van der Waals surface area contributed by atoms with Gasteiger partial charge in [-0.15, -0.1) is 0 Å². The number of nitrogens with one attached hydrogen (secondary N) is 1. The quantitative estimate of drug-likeness (QED) is 0.809. The van der Waals surface area contributed by atoms with Crippen LogP contribution in [0.3, 0.4) is 0 Å². The summed E-state index contributed by atoms with van der Waals surface area (Å²) in [5.74, 6) is 0.944. The summed E-state index contributed by atoms with van der Waals surface area (Å²) >= 11 is 0. The first kappa shape index (κ1) is 11.3. The fourth-order valence-electron chi connectivity index (χ4n) is 2.90. The number of aryl methyl sites for hydroxylation is 1. The fraction of sp³-hybridized carbons (Fsp3) is 0.692. The minimum Gasteiger partial charge on any atom is -0.469 e. The molecule has 2 fully saturated rings. The lowest BCUT2D eigenvalue weighted by atomic mass is 9.83. The van der Waals surface area contributed by atoms with Crippen molar-refractivity contribution < 1.29 is 13.9 Å². The van der Waals surface area contributed by atoms with Crippen LogP contribution in [0, 0.1) is 6.92 Å². The Morgan fingerprint density at radius 2 is 2.35 bits per heavy atom. The highest BCUT2D eigenvalue weighted by Crippen LogP contribution is 2.38. The van der Waals surface area contributed by atoms with E-state index in [4.69, 9.17) is 13.9 Å². The van der Waals surface area contributed by atoms with Crippen LogP contribution < -0.4 is 5.32 Å². The monoisotopic (exact) mass is 237 g/mol. The maximum absolute atomic E-state index is 6.05. The molecule has 3 heterocycles. The van der Waals surface area contributed by atoms with E-state index in [-0.39, 0.29) is 11.6 Å². The summed E-state index contributed by atoms with van der Waals surface area (Å²) in [5, 5.41) is 3.54. The van der Waals surface area contributed by atoms with Crippen LogP contribution >= 0.6 is 0 Å². The SMILES string of the molecule is Cc1cc(C2NCCOC23CCCOC3)co1. The zero-order chi connectivity index (χ0) is 11.7. The van der Waals surface area contributed by atoms with Crippen molar-refractivity contribution in [3.05, 3.63) is 23.7 Å². The van der Waals surface area contributed by atoms with Crippen molar-refractivity contribution in [3.8, 4) is 0 Å². The summed E-state index contributed by atoms with van der Waals surface area (Å²) in [7, 11) is 0. The second-order valence-electron chi connectivity index (χ2n) is 4.95. The molecule has 1 aromatic rings. The lowest BCUT2D eigenvalue weighted by Gasteiger charge is -2.46. The molecule has 1 spiro atoms. The molecular formula is C13H19NO3. The molecular weight excluding hydrogens is 218 g/mol. The second-order valence-corrected chi connectivity index (χ2v) is 4.95. The number of furan rings is 1. The largest absolute Gasteiger partial charge is 0.469 e. The summed E-state index contributed by atoms with van der Waals surface area (Å²) in [6, 6.07) is 2.27. The first-order chi connectivity index (χ1) is 8.30. The molecule has 4 heteroatoms. The molecule has 1 aromatic heterocycles. The third-order valence-corrected chi connectivity index (χ3v) is 3.69. The van der Waals surface area contributed by atoms with Crippen molar-refractivity contribution in [2.45, 2.75) is 31.4 Å². The van der Waals surface area contributed by atoms with Crippen LogP contribution in [-0.2, 0) is 9.47 Å². The molecule has 0 bridgehead atoms. The van der Waals surface area contributed by atoms with E-state index in [1.807, 2.05) is 13.2 Å². The van der Waals surface area contributed by atoms with Crippen molar-refractivity contribution in [1.82, 2.24) is 5.32 Å².